The molecule has 0 aromatic heterocycles. The number of carbonyl (C=O) groups is 1. The highest BCUT2D eigenvalue weighted by Crippen LogP contribution is 2.19. The van der Waals surface area contributed by atoms with E-state index in [0.717, 1.165) is 0 Å². The molecule has 76 valence electrons. The lowest BCUT2D eigenvalue weighted by Crippen LogP contribution is -2.16. The van der Waals surface area contributed by atoms with E-state index in [1.54, 1.807) is 6.07 Å². The number of benzene rings is 1. The monoisotopic (exact) mass is 197 g/mol. The Kier molecular flexibility index (Phi) is 3.59. The summed E-state index contributed by atoms with van der Waals surface area (Å²) in [4.78, 5) is 10.8. The molecular weight excluding hydrogens is 185 g/mol. The lowest BCUT2D eigenvalue weighted by Gasteiger charge is -2.10. The number of nitrogens with two attached hydrogens (primary N) is 1. The Labute approximate surface area is 81.4 Å². The highest BCUT2D eigenvalue weighted by atomic mass is 19.1. The minimum Gasteiger partial charge on any atom is -0.481 e. The SMILES string of the molecule is NCCC(C(=O)O)c1cccc(F)c1. The Balaban J connectivity index is 2.93. The third-order valence-corrected chi connectivity index (χ3v) is 2.00. The average Bonchev–Trinajstić information content (AvgIpc) is 2.13. The number of carboxylic acid groups (broad SMARTS) is 1. The summed E-state index contributed by atoms with van der Waals surface area (Å²) in [6, 6.07) is 5.61. The third-order valence-electron chi connectivity index (χ3n) is 2.00. The topological polar surface area (TPSA) is 63.3 Å². The van der Waals surface area contributed by atoms with Gasteiger partial charge >= 0.3 is 5.97 Å². The van der Waals surface area contributed by atoms with Crippen LogP contribution in [0.3, 0.4) is 0 Å². The second-order valence-corrected chi connectivity index (χ2v) is 3.02. The van der Waals surface area contributed by atoms with Crippen LogP contribution in [0.15, 0.2) is 24.3 Å². The molecule has 3 N–H and O–H groups in total. The summed E-state index contributed by atoms with van der Waals surface area (Å²) >= 11 is 0. The number of rotatable bonds is 4. The van der Waals surface area contributed by atoms with Crippen molar-refractivity contribution in [3.05, 3.63) is 35.6 Å². The summed E-state index contributed by atoms with van der Waals surface area (Å²) in [5.74, 6) is -2.11. The Bertz CT molecular complexity index is 328. The summed E-state index contributed by atoms with van der Waals surface area (Å²) in [5.41, 5.74) is 5.75. The fourth-order valence-corrected chi connectivity index (χ4v) is 1.32. The molecule has 0 saturated heterocycles. The lowest BCUT2D eigenvalue weighted by atomic mass is 9.96. The molecule has 1 aromatic rings. The van der Waals surface area contributed by atoms with E-state index >= 15 is 0 Å². The van der Waals surface area contributed by atoms with Crippen LogP contribution < -0.4 is 5.73 Å². The molecule has 0 fully saturated rings. The van der Waals surface area contributed by atoms with Gasteiger partial charge in [0.1, 0.15) is 5.82 Å². The number of hydrogen-bond acceptors (Lipinski definition) is 2. The second kappa shape index (κ2) is 4.72. The van der Waals surface area contributed by atoms with Crippen LogP contribution in [0.5, 0.6) is 0 Å². The first-order valence-corrected chi connectivity index (χ1v) is 4.33. The van der Waals surface area contributed by atoms with Gasteiger partial charge in [0.05, 0.1) is 5.92 Å². The van der Waals surface area contributed by atoms with Gasteiger partial charge in [-0.2, -0.15) is 0 Å². The van der Waals surface area contributed by atoms with Crippen molar-refractivity contribution in [2.24, 2.45) is 5.73 Å². The molecule has 0 aliphatic carbocycles. The largest absolute Gasteiger partial charge is 0.481 e. The minimum atomic E-state index is -0.971. The average molecular weight is 197 g/mol. The van der Waals surface area contributed by atoms with Crippen molar-refractivity contribution in [3.63, 3.8) is 0 Å². The van der Waals surface area contributed by atoms with Gasteiger partial charge in [-0.1, -0.05) is 12.1 Å². The first-order valence-electron chi connectivity index (χ1n) is 4.33. The normalized spacial score (nSPS) is 12.4. The van der Waals surface area contributed by atoms with Crippen molar-refractivity contribution >= 4 is 5.97 Å². The number of aliphatic carboxylic acids is 1. The smallest absolute Gasteiger partial charge is 0.311 e. The van der Waals surface area contributed by atoms with Crippen molar-refractivity contribution in [3.8, 4) is 0 Å². The highest BCUT2D eigenvalue weighted by molar-refractivity contribution is 5.76. The molecule has 1 rings (SSSR count). The van der Waals surface area contributed by atoms with Crippen LogP contribution in [0.4, 0.5) is 4.39 Å². The highest BCUT2D eigenvalue weighted by Gasteiger charge is 2.18. The standard InChI is InChI=1S/C10H12FNO2/c11-8-3-1-2-7(6-8)9(4-5-12)10(13)14/h1-3,6,9H,4-5,12H2,(H,13,14). The van der Waals surface area contributed by atoms with E-state index < -0.39 is 17.7 Å². The van der Waals surface area contributed by atoms with E-state index in [-0.39, 0.29) is 6.54 Å². The van der Waals surface area contributed by atoms with E-state index in [1.165, 1.54) is 18.2 Å². The molecule has 0 saturated carbocycles. The summed E-state index contributed by atoms with van der Waals surface area (Å²) in [6.45, 7) is 0.271. The van der Waals surface area contributed by atoms with Gasteiger partial charge in [-0.05, 0) is 30.7 Å². The molecule has 1 aromatic carbocycles. The van der Waals surface area contributed by atoms with Gasteiger partial charge in [-0.25, -0.2) is 4.39 Å². The first kappa shape index (κ1) is 10.7. The van der Waals surface area contributed by atoms with Gasteiger partial charge in [-0.15, -0.1) is 0 Å². The first-order chi connectivity index (χ1) is 6.65. The maximum atomic E-state index is 12.8. The quantitative estimate of drug-likeness (QED) is 0.765. The zero-order chi connectivity index (χ0) is 10.6. The molecule has 3 nitrogen and oxygen atoms in total. The Hall–Kier alpha value is -1.42. The molecule has 14 heavy (non-hydrogen) atoms. The van der Waals surface area contributed by atoms with Crippen LogP contribution in [-0.4, -0.2) is 17.6 Å². The zero-order valence-corrected chi connectivity index (χ0v) is 7.61. The Morgan fingerprint density at radius 1 is 1.57 bits per heavy atom. The van der Waals surface area contributed by atoms with Crippen molar-refractivity contribution < 1.29 is 14.3 Å². The molecule has 0 heterocycles. The van der Waals surface area contributed by atoms with Crippen LogP contribution in [0, 0.1) is 5.82 Å². The number of halogens is 1. The van der Waals surface area contributed by atoms with Gasteiger partial charge in [0.15, 0.2) is 0 Å². The minimum absolute atomic E-state index is 0.271. The fraction of sp³-hybridized carbons (Fsp3) is 0.300. The maximum Gasteiger partial charge on any atom is 0.311 e. The molecule has 0 spiro atoms. The molecule has 0 aliphatic rings. The molecule has 4 heteroatoms. The second-order valence-electron chi connectivity index (χ2n) is 3.02. The predicted octanol–water partition coefficient (Wildman–Crippen LogP) is 1.34. The van der Waals surface area contributed by atoms with E-state index in [0.29, 0.717) is 12.0 Å². The zero-order valence-electron chi connectivity index (χ0n) is 7.61. The van der Waals surface area contributed by atoms with Crippen LogP contribution >= 0.6 is 0 Å². The molecule has 0 amide bonds. The van der Waals surface area contributed by atoms with E-state index in [2.05, 4.69) is 0 Å². The Morgan fingerprint density at radius 2 is 2.29 bits per heavy atom. The van der Waals surface area contributed by atoms with E-state index in [1.807, 2.05) is 0 Å². The van der Waals surface area contributed by atoms with Crippen LogP contribution in [0.1, 0.15) is 17.9 Å². The molecular formula is C10H12FNO2. The van der Waals surface area contributed by atoms with Crippen molar-refractivity contribution in [2.45, 2.75) is 12.3 Å². The summed E-state index contributed by atoms with van der Waals surface area (Å²) < 4.78 is 12.8. The maximum absolute atomic E-state index is 12.8. The van der Waals surface area contributed by atoms with Crippen LogP contribution in [-0.2, 0) is 4.79 Å². The van der Waals surface area contributed by atoms with Gasteiger partial charge in [0.25, 0.3) is 0 Å². The number of carboxylic acids is 1. The summed E-state index contributed by atoms with van der Waals surface area (Å²) in [7, 11) is 0. The number of hydrogen-bond donors (Lipinski definition) is 2. The van der Waals surface area contributed by atoms with Crippen molar-refractivity contribution in [1.82, 2.24) is 0 Å². The molecule has 1 atom stereocenters. The van der Waals surface area contributed by atoms with Crippen molar-refractivity contribution in [2.75, 3.05) is 6.54 Å². The Morgan fingerprint density at radius 3 is 2.79 bits per heavy atom. The van der Waals surface area contributed by atoms with Gasteiger partial charge in [-0.3, -0.25) is 4.79 Å². The fourth-order valence-electron chi connectivity index (χ4n) is 1.32. The molecule has 0 aliphatic heterocycles. The third kappa shape index (κ3) is 2.53. The van der Waals surface area contributed by atoms with Gasteiger partial charge < -0.3 is 10.8 Å². The predicted molar refractivity (Wildman–Crippen MR) is 50.4 cm³/mol. The summed E-state index contributed by atoms with van der Waals surface area (Å²) in [6.07, 6.45) is 0.318. The van der Waals surface area contributed by atoms with E-state index in [4.69, 9.17) is 10.8 Å². The summed E-state index contributed by atoms with van der Waals surface area (Å²) in [5, 5.41) is 8.87. The molecule has 0 bridgehead atoms. The van der Waals surface area contributed by atoms with Crippen LogP contribution in [0.25, 0.3) is 0 Å². The van der Waals surface area contributed by atoms with Gasteiger partial charge in [0.2, 0.25) is 0 Å². The van der Waals surface area contributed by atoms with Gasteiger partial charge in [0, 0.05) is 0 Å². The lowest BCUT2D eigenvalue weighted by molar-refractivity contribution is -0.138. The molecule has 0 radical (unpaired) electrons. The van der Waals surface area contributed by atoms with E-state index in [9.17, 15) is 9.18 Å². The molecule has 1 unspecified atom stereocenters. The van der Waals surface area contributed by atoms with Crippen LogP contribution in [0.2, 0.25) is 0 Å². The van der Waals surface area contributed by atoms with Crippen molar-refractivity contribution in [1.29, 1.82) is 0 Å².